The largest absolute Gasteiger partial charge is 0.488 e. The van der Waals surface area contributed by atoms with E-state index < -0.39 is 11.6 Å². The highest BCUT2D eigenvalue weighted by Gasteiger charge is 2.20. The Hall–Kier alpha value is -4.30. The molecule has 1 aromatic heterocycles. The van der Waals surface area contributed by atoms with Gasteiger partial charge in [0.25, 0.3) is 0 Å². The molecule has 1 unspecified atom stereocenters. The van der Waals surface area contributed by atoms with Gasteiger partial charge in [-0.25, -0.2) is 9.37 Å². The van der Waals surface area contributed by atoms with Crippen LogP contribution in [-0.4, -0.2) is 46.3 Å². The molecule has 218 valence electrons. The van der Waals surface area contributed by atoms with Crippen molar-refractivity contribution in [1.82, 2.24) is 14.9 Å². The number of nitrogens with zero attached hydrogens (tertiary/aromatic N) is 3. The molecule has 0 spiro atoms. The molecule has 1 aliphatic rings. The van der Waals surface area contributed by atoms with Crippen LogP contribution in [0, 0.1) is 12.7 Å². The van der Waals surface area contributed by atoms with Crippen molar-refractivity contribution >= 4 is 17.5 Å². The maximum absolute atomic E-state index is 14.7. The van der Waals surface area contributed by atoms with Crippen molar-refractivity contribution in [2.24, 2.45) is 0 Å². The standard InChI is InChI=1S/C34H38FN5O2/c1-23-12-14-27(29(35)19-23)33(41)26-13-15-31(42-22-25-10-4-3-5-11-25)28(20-26)30-21-32(39-34(36)38-30)37-16-8-18-40-17-7-6-9-24(40)2/h3-5,10-15,19-21,24H,6-9,16-18,22H2,1-2H3,(H3,36,37,38,39). The zero-order chi connectivity index (χ0) is 29.5. The summed E-state index contributed by atoms with van der Waals surface area (Å²) in [5.41, 5.74) is 9.31. The lowest BCUT2D eigenvalue weighted by Crippen LogP contribution is -2.38. The van der Waals surface area contributed by atoms with Crippen LogP contribution in [0.3, 0.4) is 0 Å². The Bertz CT molecular complexity index is 1530. The maximum Gasteiger partial charge on any atom is 0.222 e. The fourth-order valence-corrected chi connectivity index (χ4v) is 5.38. The number of rotatable bonds is 11. The molecule has 3 N–H and O–H groups in total. The van der Waals surface area contributed by atoms with E-state index in [1.807, 2.05) is 36.4 Å². The highest BCUT2D eigenvalue weighted by Crippen LogP contribution is 2.33. The molecule has 0 radical (unpaired) electrons. The molecule has 1 aliphatic heterocycles. The lowest BCUT2D eigenvalue weighted by atomic mass is 9.98. The second-order valence-electron chi connectivity index (χ2n) is 11.0. The third kappa shape index (κ3) is 7.31. The minimum absolute atomic E-state index is 0.0112. The van der Waals surface area contributed by atoms with Gasteiger partial charge >= 0.3 is 0 Å². The molecule has 3 aromatic carbocycles. The highest BCUT2D eigenvalue weighted by molar-refractivity contribution is 6.10. The number of hydrogen-bond donors (Lipinski definition) is 2. The number of aryl methyl sites for hydroxylation is 1. The van der Waals surface area contributed by atoms with Gasteiger partial charge in [-0.1, -0.05) is 42.8 Å². The molecule has 0 bridgehead atoms. The average molecular weight is 568 g/mol. The van der Waals surface area contributed by atoms with Crippen molar-refractivity contribution in [3.63, 3.8) is 0 Å². The number of anilines is 2. The Morgan fingerprint density at radius 3 is 2.69 bits per heavy atom. The van der Waals surface area contributed by atoms with Crippen LogP contribution in [0.2, 0.25) is 0 Å². The van der Waals surface area contributed by atoms with Crippen LogP contribution in [0.4, 0.5) is 16.2 Å². The number of halogens is 1. The molecular weight excluding hydrogens is 529 g/mol. The molecule has 1 atom stereocenters. The molecule has 8 heteroatoms. The number of aromatic nitrogens is 2. The minimum Gasteiger partial charge on any atom is -0.488 e. The molecule has 0 amide bonds. The van der Waals surface area contributed by atoms with Gasteiger partial charge in [0, 0.05) is 36.3 Å². The van der Waals surface area contributed by atoms with Crippen LogP contribution in [0.15, 0.2) is 72.8 Å². The first kappa shape index (κ1) is 29.2. The van der Waals surface area contributed by atoms with E-state index in [0.717, 1.165) is 37.2 Å². The molecule has 42 heavy (non-hydrogen) atoms. The van der Waals surface area contributed by atoms with E-state index >= 15 is 0 Å². The molecule has 1 saturated heterocycles. The molecule has 5 rings (SSSR count). The van der Waals surface area contributed by atoms with E-state index in [2.05, 4.69) is 27.1 Å². The summed E-state index contributed by atoms with van der Waals surface area (Å²) >= 11 is 0. The third-order valence-electron chi connectivity index (χ3n) is 7.74. The number of benzene rings is 3. The summed E-state index contributed by atoms with van der Waals surface area (Å²) in [6.07, 6.45) is 4.80. The van der Waals surface area contributed by atoms with Gasteiger partial charge in [-0.2, -0.15) is 4.98 Å². The third-order valence-corrected chi connectivity index (χ3v) is 7.74. The molecule has 4 aromatic rings. The molecule has 0 aliphatic carbocycles. The Morgan fingerprint density at radius 1 is 1.07 bits per heavy atom. The first-order valence-corrected chi connectivity index (χ1v) is 14.6. The lowest BCUT2D eigenvalue weighted by Gasteiger charge is -2.33. The minimum atomic E-state index is -0.553. The highest BCUT2D eigenvalue weighted by atomic mass is 19.1. The monoisotopic (exact) mass is 567 g/mol. The zero-order valence-corrected chi connectivity index (χ0v) is 24.3. The van der Waals surface area contributed by atoms with Crippen molar-refractivity contribution in [2.45, 2.75) is 52.2 Å². The summed E-state index contributed by atoms with van der Waals surface area (Å²) in [7, 11) is 0. The SMILES string of the molecule is Cc1ccc(C(=O)c2ccc(OCc3ccccc3)c(-c3cc(NCCCN4CCCCC4C)nc(N)n3)c2)c(F)c1. The molecular formula is C34H38FN5O2. The van der Waals surface area contributed by atoms with Gasteiger partial charge < -0.3 is 20.7 Å². The molecule has 2 heterocycles. The van der Waals surface area contributed by atoms with Crippen LogP contribution in [0.25, 0.3) is 11.3 Å². The Kier molecular flexibility index (Phi) is 9.44. The number of likely N-dealkylation sites (tertiary alicyclic amines) is 1. The second kappa shape index (κ2) is 13.6. The van der Waals surface area contributed by atoms with Crippen LogP contribution in [0.5, 0.6) is 5.75 Å². The van der Waals surface area contributed by atoms with Crippen LogP contribution < -0.4 is 15.8 Å². The Morgan fingerprint density at radius 2 is 1.90 bits per heavy atom. The van der Waals surface area contributed by atoms with Gasteiger partial charge in [-0.05, 0) is 81.1 Å². The van der Waals surface area contributed by atoms with Crippen molar-refractivity contribution in [3.05, 3.63) is 101 Å². The van der Waals surface area contributed by atoms with E-state index in [1.54, 1.807) is 31.2 Å². The number of nitrogens with one attached hydrogen (secondary N) is 1. The number of carbonyl (C=O) groups is 1. The van der Waals surface area contributed by atoms with Crippen LogP contribution in [-0.2, 0) is 6.61 Å². The van der Waals surface area contributed by atoms with Gasteiger partial charge in [-0.3, -0.25) is 4.79 Å². The van der Waals surface area contributed by atoms with Gasteiger partial charge in [0.2, 0.25) is 5.95 Å². The normalized spacial score (nSPS) is 15.4. The van der Waals surface area contributed by atoms with Crippen molar-refractivity contribution in [3.8, 4) is 17.0 Å². The Labute approximate surface area is 247 Å². The second-order valence-corrected chi connectivity index (χ2v) is 11.0. The van der Waals surface area contributed by atoms with Gasteiger partial charge in [0.15, 0.2) is 5.78 Å². The average Bonchev–Trinajstić information content (AvgIpc) is 2.99. The molecule has 0 saturated carbocycles. The summed E-state index contributed by atoms with van der Waals surface area (Å²) in [5, 5.41) is 3.39. The van der Waals surface area contributed by atoms with Gasteiger partial charge in [0.05, 0.1) is 11.3 Å². The van der Waals surface area contributed by atoms with Crippen LogP contribution >= 0.6 is 0 Å². The van der Waals surface area contributed by atoms with Gasteiger partial charge in [-0.15, -0.1) is 0 Å². The molecule has 1 fully saturated rings. The quantitative estimate of drug-likeness (QED) is 0.155. The predicted octanol–water partition coefficient (Wildman–Crippen LogP) is 6.66. The van der Waals surface area contributed by atoms with Crippen molar-refractivity contribution < 1.29 is 13.9 Å². The Balaban J connectivity index is 1.40. The summed E-state index contributed by atoms with van der Waals surface area (Å²) in [5.74, 6) is 0.260. The number of hydrogen-bond acceptors (Lipinski definition) is 7. The smallest absolute Gasteiger partial charge is 0.222 e. The number of nitrogens with two attached hydrogens (primary N) is 1. The number of nitrogen functional groups attached to an aromatic ring is 1. The summed E-state index contributed by atoms with van der Waals surface area (Å²) in [6, 6.07) is 21.9. The topological polar surface area (TPSA) is 93.4 Å². The van der Waals surface area contributed by atoms with E-state index in [9.17, 15) is 9.18 Å². The summed E-state index contributed by atoms with van der Waals surface area (Å²) < 4.78 is 20.9. The van der Waals surface area contributed by atoms with Crippen molar-refractivity contribution in [2.75, 3.05) is 30.7 Å². The van der Waals surface area contributed by atoms with E-state index in [1.165, 1.54) is 31.4 Å². The lowest BCUT2D eigenvalue weighted by molar-refractivity contribution is 0.103. The number of ether oxygens (including phenoxy) is 1. The number of ketones is 1. The summed E-state index contributed by atoms with van der Waals surface area (Å²) in [6.45, 7) is 7.33. The first-order chi connectivity index (χ1) is 20.4. The summed E-state index contributed by atoms with van der Waals surface area (Å²) in [4.78, 5) is 24.8. The van der Waals surface area contributed by atoms with Gasteiger partial charge in [0.1, 0.15) is 24.0 Å². The van der Waals surface area contributed by atoms with Crippen molar-refractivity contribution in [1.29, 1.82) is 0 Å². The first-order valence-electron chi connectivity index (χ1n) is 14.6. The van der Waals surface area contributed by atoms with Crippen LogP contribution in [0.1, 0.15) is 59.7 Å². The number of carbonyl (C=O) groups excluding carboxylic acids is 1. The predicted molar refractivity (Wildman–Crippen MR) is 165 cm³/mol. The van der Waals surface area contributed by atoms with E-state index in [0.29, 0.717) is 41.0 Å². The fraction of sp³-hybridized carbons (Fsp3) is 0.324. The maximum atomic E-state index is 14.7. The number of piperidine rings is 1. The zero-order valence-electron chi connectivity index (χ0n) is 24.3. The van der Waals surface area contributed by atoms with E-state index in [4.69, 9.17) is 10.5 Å². The molecule has 7 nitrogen and oxygen atoms in total. The fourth-order valence-electron chi connectivity index (χ4n) is 5.38. The van der Waals surface area contributed by atoms with E-state index in [-0.39, 0.29) is 11.5 Å².